The Balaban J connectivity index is 1.15. The molecule has 0 saturated heterocycles. The molecule has 0 fully saturated rings. The Hall–Kier alpha value is -5.78. The predicted octanol–water partition coefficient (Wildman–Crippen LogP) is 15.8. The quantitative estimate of drug-likeness (QED) is 0.119. The van der Waals surface area contributed by atoms with Crippen LogP contribution in [0.1, 0.15) is 177 Å². The standard InChI is InChI=1S/C75H75B3S3/c1-41(2)49-32-55(44(7)8)69(56(33-49)45(9)10)70-74-63(40-64-75(70)81-68-39-52(54-27-19-18-26-53(54)48-24-16-15-17-25-48)38-67-73(68)78(64)61-30-22-23-31-65(61)79-67)77-60-29-21-20-28-59(60)76(62-36-51(43(5)6)37-66(80-74)72(62)77)71-57(46(11)12)34-50(42(3)4)35-58(71)47(13)14/h15-47H,1-14H3. The number of fused-ring (bicyclic) bond motifs is 8. The van der Waals surface area contributed by atoms with Crippen LogP contribution >= 0.6 is 35.3 Å². The highest BCUT2D eigenvalue weighted by Crippen LogP contribution is 2.52. The Morgan fingerprint density at radius 2 is 0.691 bits per heavy atom. The van der Waals surface area contributed by atoms with Crippen LogP contribution in [0.15, 0.2) is 187 Å². The van der Waals surface area contributed by atoms with Crippen LogP contribution in [0.25, 0.3) is 33.4 Å². The van der Waals surface area contributed by atoms with Crippen LogP contribution in [-0.4, -0.2) is 20.1 Å². The molecular formula is C75H75B3S3. The molecule has 0 aliphatic carbocycles. The Bertz CT molecular complexity index is 3940. The Morgan fingerprint density at radius 3 is 1.22 bits per heavy atom. The molecule has 13 rings (SSSR count). The third kappa shape index (κ3) is 9.02. The first-order chi connectivity index (χ1) is 39.0. The molecule has 0 nitrogen and oxygen atoms in total. The minimum Gasteiger partial charge on any atom is -0.0911 e. The molecule has 6 heteroatoms. The van der Waals surface area contributed by atoms with E-state index >= 15 is 0 Å². The van der Waals surface area contributed by atoms with E-state index in [1.165, 1.54) is 151 Å². The van der Waals surface area contributed by atoms with E-state index in [2.05, 4.69) is 278 Å². The largest absolute Gasteiger partial charge is 0.247 e. The highest BCUT2D eigenvalue weighted by Gasteiger charge is 2.48. The van der Waals surface area contributed by atoms with Gasteiger partial charge in [0.25, 0.3) is 0 Å². The van der Waals surface area contributed by atoms with Gasteiger partial charge in [-0.25, -0.2) is 0 Å². The van der Waals surface area contributed by atoms with Gasteiger partial charge < -0.3 is 0 Å². The van der Waals surface area contributed by atoms with Crippen LogP contribution in [0.4, 0.5) is 0 Å². The van der Waals surface area contributed by atoms with Crippen molar-refractivity contribution in [1.82, 2.24) is 0 Å². The van der Waals surface area contributed by atoms with E-state index in [0.717, 1.165) is 0 Å². The summed E-state index contributed by atoms with van der Waals surface area (Å²) in [6.45, 7) is 34.0. The average molecular weight is 1110 g/mol. The lowest BCUT2D eigenvalue weighted by atomic mass is 9.20. The minimum atomic E-state index is 0.0553. The maximum atomic E-state index is 2.77. The highest BCUT2D eigenvalue weighted by atomic mass is 32.2. The van der Waals surface area contributed by atoms with Gasteiger partial charge in [0.05, 0.1) is 0 Å². The molecule has 0 aromatic heterocycles. The molecular weight excluding hydrogens is 1030 g/mol. The zero-order valence-electron chi connectivity index (χ0n) is 50.0. The second kappa shape index (κ2) is 21.1. The molecule has 4 aliphatic rings. The van der Waals surface area contributed by atoms with E-state index in [1.807, 2.05) is 11.8 Å². The van der Waals surface area contributed by atoms with Crippen molar-refractivity contribution in [3.8, 4) is 33.4 Å². The van der Waals surface area contributed by atoms with Crippen molar-refractivity contribution in [2.24, 2.45) is 0 Å². The van der Waals surface area contributed by atoms with Gasteiger partial charge in [0.2, 0.25) is 20.1 Å². The van der Waals surface area contributed by atoms with E-state index in [9.17, 15) is 0 Å². The summed E-state index contributed by atoms with van der Waals surface area (Å²) in [5.74, 6) is 2.59. The molecule has 0 N–H and O–H groups in total. The Labute approximate surface area is 498 Å². The van der Waals surface area contributed by atoms with Gasteiger partial charge in [-0.15, -0.1) is 0 Å². The summed E-state index contributed by atoms with van der Waals surface area (Å²) >= 11 is 6.14. The topological polar surface area (TPSA) is 0 Å². The van der Waals surface area contributed by atoms with Gasteiger partial charge in [0.1, 0.15) is 0 Å². The average Bonchev–Trinajstić information content (AvgIpc) is 3.65. The smallest absolute Gasteiger partial charge is 0.0911 e. The number of hydrogen-bond acceptors (Lipinski definition) is 3. The van der Waals surface area contributed by atoms with Crippen LogP contribution in [0.3, 0.4) is 0 Å². The second-order valence-corrected chi connectivity index (χ2v) is 29.1. The van der Waals surface area contributed by atoms with Crippen LogP contribution < -0.4 is 49.2 Å². The molecule has 0 bridgehead atoms. The Morgan fingerprint density at radius 1 is 0.272 bits per heavy atom. The van der Waals surface area contributed by atoms with E-state index in [-0.39, 0.29) is 20.1 Å². The molecule has 0 saturated carbocycles. The zero-order chi connectivity index (χ0) is 56.4. The lowest BCUT2D eigenvalue weighted by molar-refractivity contribution is 0.806. The normalized spacial score (nSPS) is 13.9. The van der Waals surface area contributed by atoms with E-state index in [4.69, 9.17) is 0 Å². The van der Waals surface area contributed by atoms with Gasteiger partial charge >= 0.3 is 0 Å². The van der Waals surface area contributed by atoms with Crippen LogP contribution in [-0.2, 0) is 0 Å². The van der Waals surface area contributed by atoms with Crippen molar-refractivity contribution >= 4 is 105 Å². The summed E-state index contributed by atoms with van der Waals surface area (Å²) in [6, 6.07) is 62.7. The van der Waals surface area contributed by atoms with E-state index in [1.54, 1.807) is 0 Å². The predicted molar refractivity (Wildman–Crippen MR) is 360 cm³/mol. The minimum absolute atomic E-state index is 0.0553. The molecule has 0 atom stereocenters. The molecule has 9 aromatic carbocycles. The maximum absolute atomic E-state index is 2.77. The molecule has 0 unspecified atom stereocenters. The zero-order valence-corrected chi connectivity index (χ0v) is 52.5. The lowest BCUT2D eigenvalue weighted by Crippen LogP contribution is -2.77. The summed E-state index contributed by atoms with van der Waals surface area (Å²) in [5, 5.41) is 0. The van der Waals surface area contributed by atoms with Crippen molar-refractivity contribution in [2.45, 2.75) is 168 Å². The summed E-state index contributed by atoms with van der Waals surface area (Å²) in [6.07, 6.45) is 0. The van der Waals surface area contributed by atoms with Crippen molar-refractivity contribution in [2.75, 3.05) is 0 Å². The first-order valence-electron chi connectivity index (χ1n) is 30.3. The number of rotatable bonds is 11. The fourth-order valence-electron chi connectivity index (χ4n) is 14.2. The van der Waals surface area contributed by atoms with Crippen LogP contribution in [0.2, 0.25) is 0 Å². The van der Waals surface area contributed by atoms with Gasteiger partial charge in [0.15, 0.2) is 0 Å². The van der Waals surface area contributed by atoms with Crippen molar-refractivity contribution in [3.63, 3.8) is 0 Å². The van der Waals surface area contributed by atoms with Gasteiger partial charge in [-0.3, -0.25) is 0 Å². The first-order valence-corrected chi connectivity index (χ1v) is 32.7. The van der Waals surface area contributed by atoms with Crippen molar-refractivity contribution in [3.05, 3.63) is 197 Å². The van der Waals surface area contributed by atoms with Gasteiger partial charge in [-0.2, -0.15) is 0 Å². The molecule has 4 heterocycles. The SMILES string of the molecule is CC(C)c1cc2c3c(c1)B(c1c(C(C)C)cc(C(C)C)cc1C(C)C)c1ccccc1B3c1cc3c(c(-c4c(C(C)C)cc(C(C)C)cc4C(C)C)c1S2)Sc1cc(-c2ccccc2-c2ccccc2)cc2c1B3c1ccccc1S2. The number of hydrogen-bond donors (Lipinski definition) is 0. The van der Waals surface area contributed by atoms with Crippen molar-refractivity contribution < 1.29 is 0 Å². The molecule has 402 valence electrons. The maximum Gasteiger partial charge on any atom is 0.247 e. The van der Waals surface area contributed by atoms with E-state index in [0.29, 0.717) is 41.4 Å². The Kier molecular flexibility index (Phi) is 14.2. The van der Waals surface area contributed by atoms with Gasteiger partial charge in [0, 0.05) is 34.9 Å². The fourth-order valence-corrected chi connectivity index (χ4v) is 18.3. The second-order valence-electron chi connectivity index (χ2n) is 26.0. The lowest BCUT2D eigenvalue weighted by Gasteiger charge is -2.42. The highest BCUT2D eigenvalue weighted by molar-refractivity contribution is 8.02. The van der Waals surface area contributed by atoms with E-state index < -0.39 is 0 Å². The van der Waals surface area contributed by atoms with Gasteiger partial charge in [-0.1, -0.05) is 309 Å². The van der Waals surface area contributed by atoms with Crippen molar-refractivity contribution in [1.29, 1.82) is 0 Å². The third-order valence-electron chi connectivity index (χ3n) is 18.4. The molecule has 0 radical (unpaired) electrons. The van der Waals surface area contributed by atoms with Crippen LogP contribution in [0, 0.1) is 0 Å². The summed E-state index contributed by atoms with van der Waals surface area (Å²) < 4.78 is 0. The van der Waals surface area contributed by atoms with Gasteiger partial charge in [-0.05, 0) is 138 Å². The number of benzene rings is 9. The monoisotopic (exact) mass is 1100 g/mol. The first kappa shape index (κ1) is 54.5. The summed E-state index contributed by atoms with van der Waals surface area (Å²) in [4.78, 5) is 8.42. The van der Waals surface area contributed by atoms with Crippen LogP contribution in [0.5, 0.6) is 0 Å². The summed E-state index contributed by atoms with van der Waals surface area (Å²) in [7, 11) is 0. The molecule has 0 amide bonds. The molecule has 4 aliphatic heterocycles. The third-order valence-corrected chi connectivity index (χ3v) is 22.0. The fraction of sp³-hybridized carbons (Fsp3) is 0.280. The molecule has 0 spiro atoms. The molecule has 9 aromatic rings. The molecule has 81 heavy (non-hydrogen) atoms. The summed E-state index contributed by atoms with van der Waals surface area (Å²) in [5.41, 5.74) is 31.6.